The normalized spacial score (nSPS) is 8.59. The van der Waals surface area contributed by atoms with Crippen LogP contribution in [0.3, 0.4) is 0 Å². The Kier molecular flexibility index (Phi) is 9.84. The van der Waals surface area contributed by atoms with Crippen LogP contribution >= 0.6 is 0 Å². The van der Waals surface area contributed by atoms with E-state index in [1.54, 1.807) is 24.4 Å². The highest BCUT2D eigenvalue weighted by atomic mass is 16.5. The largest absolute Gasteiger partial charge is 0.465 e. The number of methoxy groups -OCH3 is 1. The van der Waals surface area contributed by atoms with Gasteiger partial charge >= 0.3 is 5.97 Å². The number of anilines is 1. The number of carbonyl (C=O) groups is 2. The smallest absolute Gasteiger partial charge is 0.337 e. The van der Waals surface area contributed by atoms with Gasteiger partial charge in [0, 0.05) is 18.9 Å². The molecule has 0 spiro atoms. The molecule has 0 unspecified atom stereocenters. The summed E-state index contributed by atoms with van der Waals surface area (Å²) in [6, 6.07) is 8.89. The van der Waals surface area contributed by atoms with E-state index in [0.29, 0.717) is 11.3 Å². The zero-order valence-electron chi connectivity index (χ0n) is 13.8. The molecule has 0 saturated carbocycles. The van der Waals surface area contributed by atoms with Crippen molar-refractivity contribution in [3.05, 3.63) is 53.3 Å². The molecule has 0 amide bonds. The third-order valence-electron chi connectivity index (χ3n) is 2.57. The predicted octanol–water partition coefficient (Wildman–Crippen LogP) is 3.68. The standard InChI is InChI=1S/C9H11NO2.C6H7NO.C2H6/c1-10-8-5-3-7(4-6-8)9(11)12-2;1-5-2-6(4-8)7-3-5;1-2/h3-6,10H,1-2H3;2-4,7H,1H3;1-2H3. The summed E-state index contributed by atoms with van der Waals surface area (Å²) in [5.74, 6) is -0.308. The second kappa shape index (κ2) is 11.1. The van der Waals surface area contributed by atoms with Gasteiger partial charge in [0.15, 0.2) is 6.29 Å². The molecule has 1 heterocycles. The lowest BCUT2D eigenvalue weighted by atomic mass is 10.2. The lowest BCUT2D eigenvalue weighted by Gasteiger charge is -2.01. The van der Waals surface area contributed by atoms with Crippen LogP contribution in [-0.4, -0.2) is 31.4 Å². The lowest BCUT2D eigenvalue weighted by molar-refractivity contribution is 0.0600. The van der Waals surface area contributed by atoms with Crippen molar-refractivity contribution in [3.63, 3.8) is 0 Å². The molecule has 1 aromatic heterocycles. The summed E-state index contributed by atoms with van der Waals surface area (Å²) in [5.41, 5.74) is 3.27. The van der Waals surface area contributed by atoms with Crippen molar-refractivity contribution in [1.82, 2.24) is 4.98 Å². The van der Waals surface area contributed by atoms with Crippen LogP contribution in [0.4, 0.5) is 5.69 Å². The van der Waals surface area contributed by atoms with Crippen molar-refractivity contribution in [2.75, 3.05) is 19.5 Å². The highest BCUT2D eigenvalue weighted by molar-refractivity contribution is 5.89. The summed E-state index contributed by atoms with van der Waals surface area (Å²) in [4.78, 5) is 23.7. The molecule has 0 aliphatic heterocycles. The second-order valence-corrected chi connectivity index (χ2v) is 4.07. The Hall–Kier alpha value is -2.56. The number of hydrogen-bond acceptors (Lipinski definition) is 4. The van der Waals surface area contributed by atoms with Gasteiger partial charge in [-0.15, -0.1) is 0 Å². The number of nitrogens with one attached hydrogen (secondary N) is 2. The van der Waals surface area contributed by atoms with Crippen LogP contribution in [0.1, 0.15) is 40.3 Å². The first-order valence-corrected chi connectivity index (χ1v) is 7.07. The highest BCUT2D eigenvalue weighted by Gasteiger charge is 2.02. The van der Waals surface area contributed by atoms with E-state index >= 15 is 0 Å². The molecular weight excluding hydrogens is 280 g/mol. The van der Waals surface area contributed by atoms with E-state index in [0.717, 1.165) is 17.5 Å². The highest BCUT2D eigenvalue weighted by Crippen LogP contribution is 2.08. The number of benzene rings is 1. The first kappa shape index (κ1) is 19.4. The van der Waals surface area contributed by atoms with Crippen LogP contribution in [0, 0.1) is 6.92 Å². The number of aryl methyl sites for hydroxylation is 1. The fourth-order valence-electron chi connectivity index (χ4n) is 1.48. The predicted molar refractivity (Wildman–Crippen MR) is 89.6 cm³/mol. The molecule has 5 nitrogen and oxygen atoms in total. The van der Waals surface area contributed by atoms with E-state index in [4.69, 9.17) is 0 Å². The molecule has 22 heavy (non-hydrogen) atoms. The van der Waals surface area contributed by atoms with E-state index in [-0.39, 0.29) is 5.97 Å². The van der Waals surface area contributed by atoms with Crippen LogP contribution in [0.2, 0.25) is 0 Å². The molecule has 0 radical (unpaired) electrons. The van der Waals surface area contributed by atoms with Crippen LogP contribution < -0.4 is 5.32 Å². The second-order valence-electron chi connectivity index (χ2n) is 4.07. The van der Waals surface area contributed by atoms with Gasteiger partial charge in [0.2, 0.25) is 0 Å². The van der Waals surface area contributed by atoms with E-state index in [1.807, 2.05) is 40.0 Å². The van der Waals surface area contributed by atoms with E-state index in [9.17, 15) is 9.59 Å². The van der Waals surface area contributed by atoms with Crippen LogP contribution in [-0.2, 0) is 4.74 Å². The van der Waals surface area contributed by atoms with Gasteiger partial charge in [-0.05, 0) is 42.8 Å². The molecule has 2 aromatic rings. The van der Waals surface area contributed by atoms with Gasteiger partial charge in [0.05, 0.1) is 18.4 Å². The number of rotatable bonds is 3. The molecule has 0 saturated heterocycles. The van der Waals surface area contributed by atoms with Gasteiger partial charge in [0.25, 0.3) is 0 Å². The van der Waals surface area contributed by atoms with Gasteiger partial charge < -0.3 is 15.0 Å². The maximum Gasteiger partial charge on any atom is 0.337 e. The van der Waals surface area contributed by atoms with Gasteiger partial charge in [-0.25, -0.2) is 4.79 Å². The topological polar surface area (TPSA) is 71.2 Å². The Morgan fingerprint density at radius 2 is 1.82 bits per heavy atom. The molecule has 0 bridgehead atoms. The minimum absolute atomic E-state index is 0.308. The monoisotopic (exact) mass is 304 g/mol. The summed E-state index contributed by atoms with van der Waals surface area (Å²) < 4.78 is 4.55. The van der Waals surface area contributed by atoms with E-state index in [1.165, 1.54) is 7.11 Å². The van der Waals surface area contributed by atoms with Crippen molar-refractivity contribution >= 4 is 17.9 Å². The minimum atomic E-state index is -0.308. The maximum atomic E-state index is 11.0. The minimum Gasteiger partial charge on any atom is -0.465 e. The molecule has 2 rings (SSSR count). The van der Waals surface area contributed by atoms with Crippen molar-refractivity contribution < 1.29 is 14.3 Å². The molecule has 120 valence electrons. The number of ether oxygens (including phenoxy) is 1. The molecule has 0 fully saturated rings. The van der Waals surface area contributed by atoms with Crippen molar-refractivity contribution in [2.24, 2.45) is 0 Å². The molecular formula is C17H24N2O3. The number of aldehydes is 1. The molecule has 0 atom stereocenters. The van der Waals surface area contributed by atoms with Crippen LogP contribution in [0.25, 0.3) is 0 Å². The first-order valence-electron chi connectivity index (χ1n) is 7.07. The number of carbonyl (C=O) groups excluding carboxylic acids is 2. The fourth-order valence-corrected chi connectivity index (χ4v) is 1.48. The van der Waals surface area contributed by atoms with Crippen molar-refractivity contribution in [1.29, 1.82) is 0 Å². The maximum absolute atomic E-state index is 11.0. The molecule has 5 heteroatoms. The molecule has 2 N–H and O–H groups in total. The Balaban J connectivity index is 0.000000382. The molecule has 0 aliphatic carbocycles. The quantitative estimate of drug-likeness (QED) is 0.670. The summed E-state index contributed by atoms with van der Waals surface area (Å²) >= 11 is 0. The van der Waals surface area contributed by atoms with E-state index in [2.05, 4.69) is 15.0 Å². The number of H-pyrrole nitrogens is 1. The van der Waals surface area contributed by atoms with Crippen LogP contribution in [0.5, 0.6) is 0 Å². The van der Waals surface area contributed by atoms with Gasteiger partial charge in [-0.1, -0.05) is 13.8 Å². The Morgan fingerprint density at radius 1 is 1.23 bits per heavy atom. The summed E-state index contributed by atoms with van der Waals surface area (Å²) in [6.07, 6.45) is 2.59. The number of aromatic amines is 1. The Morgan fingerprint density at radius 3 is 2.14 bits per heavy atom. The van der Waals surface area contributed by atoms with Crippen molar-refractivity contribution in [2.45, 2.75) is 20.8 Å². The number of esters is 1. The summed E-state index contributed by atoms with van der Waals surface area (Å²) in [6.45, 7) is 5.93. The van der Waals surface area contributed by atoms with Crippen molar-refractivity contribution in [3.8, 4) is 0 Å². The SMILES string of the molecule is CC.CNc1ccc(C(=O)OC)cc1.Cc1c[nH]c(C=O)c1. The zero-order valence-corrected chi connectivity index (χ0v) is 13.8. The molecule has 1 aromatic carbocycles. The molecule has 0 aliphatic rings. The third-order valence-corrected chi connectivity index (χ3v) is 2.57. The van der Waals surface area contributed by atoms with Gasteiger partial charge in [-0.3, -0.25) is 4.79 Å². The first-order chi connectivity index (χ1) is 10.6. The number of aromatic nitrogens is 1. The van der Waals surface area contributed by atoms with Gasteiger partial charge in [0.1, 0.15) is 0 Å². The summed E-state index contributed by atoms with van der Waals surface area (Å²) in [5, 5.41) is 2.96. The summed E-state index contributed by atoms with van der Waals surface area (Å²) in [7, 11) is 3.20. The van der Waals surface area contributed by atoms with Gasteiger partial charge in [-0.2, -0.15) is 0 Å². The Labute approximate surface area is 131 Å². The average Bonchev–Trinajstić information content (AvgIpc) is 3.02. The Bertz CT molecular complexity index is 560. The average molecular weight is 304 g/mol. The van der Waals surface area contributed by atoms with E-state index < -0.39 is 0 Å². The lowest BCUT2D eigenvalue weighted by Crippen LogP contribution is -2.00. The van der Waals surface area contributed by atoms with Crippen LogP contribution in [0.15, 0.2) is 36.5 Å². The number of hydrogen-bond donors (Lipinski definition) is 2. The fraction of sp³-hybridized carbons (Fsp3) is 0.294. The zero-order chi connectivity index (χ0) is 17.0. The third kappa shape index (κ3) is 6.74.